The van der Waals surface area contributed by atoms with Crippen LogP contribution in [0.3, 0.4) is 0 Å². The van der Waals surface area contributed by atoms with Gasteiger partial charge in [-0.2, -0.15) is 0 Å². The highest BCUT2D eigenvalue weighted by atomic mass is 79.9. The molecule has 1 N–H and O–H groups in total. The molecule has 17 heavy (non-hydrogen) atoms. The number of carbonyl (C=O) groups is 1. The lowest BCUT2D eigenvalue weighted by Gasteiger charge is -2.13. The molecule has 1 aliphatic carbocycles. The maximum absolute atomic E-state index is 11.6. The van der Waals surface area contributed by atoms with Gasteiger partial charge in [0.25, 0.3) is 5.91 Å². The molecule has 1 amide bonds. The van der Waals surface area contributed by atoms with Crippen LogP contribution < -0.4 is 10.1 Å². The van der Waals surface area contributed by atoms with Crippen LogP contribution in [0.25, 0.3) is 0 Å². The second-order valence-corrected chi connectivity index (χ2v) is 5.27. The highest BCUT2D eigenvalue weighted by molar-refractivity contribution is 9.10. The van der Waals surface area contributed by atoms with Crippen molar-refractivity contribution >= 4 is 21.8 Å². The number of para-hydroxylation sites is 1. The van der Waals surface area contributed by atoms with Crippen LogP contribution in [-0.4, -0.2) is 18.6 Å². The molecule has 2 rings (SSSR count). The summed E-state index contributed by atoms with van der Waals surface area (Å²) in [6, 6.07) is 7.78. The number of hydrogen-bond donors (Lipinski definition) is 1. The van der Waals surface area contributed by atoms with Crippen molar-refractivity contribution in [3.8, 4) is 5.75 Å². The lowest BCUT2D eigenvalue weighted by molar-refractivity contribution is -0.123. The molecular formula is C13H16BrNO2. The third-order valence-corrected chi connectivity index (χ3v) is 3.57. The van der Waals surface area contributed by atoms with Crippen LogP contribution in [0.2, 0.25) is 0 Å². The molecule has 0 aliphatic heterocycles. The highest BCUT2D eigenvalue weighted by Crippen LogP contribution is 2.32. The van der Waals surface area contributed by atoms with E-state index in [1.165, 1.54) is 12.8 Å². The zero-order chi connectivity index (χ0) is 12.3. The Labute approximate surface area is 110 Å². The van der Waals surface area contributed by atoms with E-state index >= 15 is 0 Å². The minimum Gasteiger partial charge on any atom is -0.483 e. The molecule has 0 spiro atoms. The molecule has 0 aromatic heterocycles. The summed E-state index contributed by atoms with van der Waals surface area (Å²) in [6.07, 6.45) is 2.46. The van der Waals surface area contributed by atoms with Crippen LogP contribution in [0.15, 0.2) is 28.7 Å². The van der Waals surface area contributed by atoms with Gasteiger partial charge in [0.15, 0.2) is 6.61 Å². The van der Waals surface area contributed by atoms with Gasteiger partial charge in [0, 0.05) is 6.04 Å². The van der Waals surface area contributed by atoms with Crippen molar-refractivity contribution in [2.45, 2.75) is 25.8 Å². The molecule has 1 fully saturated rings. The standard InChI is InChI=1S/C13H16BrNO2/c1-9(10-6-7-10)15-13(16)8-17-12-5-3-2-4-11(12)14/h2-5,9-10H,6-8H2,1H3,(H,15,16)/t9-/m0/s1. The van der Waals surface area contributed by atoms with E-state index in [2.05, 4.69) is 21.2 Å². The van der Waals surface area contributed by atoms with Gasteiger partial charge in [-0.3, -0.25) is 4.79 Å². The van der Waals surface area contributed by atoms with Crippen molar-refractivity contribution in [3.63, 3.8) is 0 Å². The molecule has 1 aromatic rings. The Morgan fingerprint density at radius 2 is 2.24 bits per heavy atom. The van der Waals surface area contributed by atoms with Crippen LogP contribution in [0.1, 0.15) is 19.8 Å². The van der Waals surface area contributed by atoms with Crippen molar-refractivity contribution in [3.05, 3.63) is 28.7 Å². The summed E-state index contributed by atoms with van der Waals surface area (Å²) in [5.41, 5.74) is 0. The van der Waals surface area contributed by atoms with Crippen molar-refractivity contribution in [2.24, 2.45) is 5.92 Å². The molecule has 92 valence electrons. The maximum Gasteiger partial charge on any atom is 0.258 e. The molecule has 0 bridgehead atoms. The molecule has 1 atom stereocenters. The third kappa shape index (κ3) is 3.73. The number of nitrogens with one attached hydrogen (secondary N) is 1. The minimum atomic E-state index is -0.0554. The molecule has 1 aliphatic rings. The molecule has 3 nitrogen and oxygen atoms in total. The van der Waals surface area contributed by atoms with E-state index in [1.807, 2.05) is 31.2 Å². The van der Waals surface area contributed by atoms with Crippen LogP contribution in [-0.2, 0) is 4.79 Å². The van der Waals surface area contributed by atoms with Crippen LogP contribution in [0.5, 0.6) is 5.75 Å². The maximum atomic E-state index is 11.6. The first kappa shape index (κ1) is 12.4. The summed E-state index contributed by atoms with van der Waals surface area (Å²) in [4.78, 5) is 11.6. The monoisotopic (exact) mass is 297 g/mol. The number of benzene rings is 1. The SMILES string of the molecule is C[C@H](NC(=O)COc1ccccc1Br)C1CC1. The minimum absolute atomic E-state index is 0.0554. The average Bonchev–Trinajstić information content (AvgIpc) is 3.11. The summed E-state index contributed by atoms with van der Waals surface area (Å²) >= 11 is 3.37. The highest BCUT2D eigenvalue weighted by Gasteiger charge is 2.28. The van der Waals surface area contributed by atoms with Gasteiger partial charge in [-0.25, -0.2) is 0 Å². The van der Waals surface area contributed by atoms with Gasteiger partial charge in [0.1, 0.15) is 5.75 Å². The largest absolute Gasteiger partial charge is 0.483 e. The van der Waals surface area contributed by atoms with Crippen LogP contribution >= 0.6 is 15.9 Å². The number of rotatable bonds is 5. The zero-order valence-electron chi connectivity index (χ0n) is 9.78. The molecular weight excluding hydrogens is 282 g/mol. The van der Waals surface area contributed by atoms with E-state index in [4.69, 9.17) is 4.74 Å². The average molecular weight is 298 g/mol. The second kappa shape index (κ2) is 5.54. The summed E-state index contributed by atoms with van der Waals surface area (Å²) in [5.74, 6) is 1.31. The fourth-order valence-corrected chi connectivity index (χ4v) is 2.11. The number of carbonyl (C=O) groups excluding carboxylic acids is 1. The first-order valence-electron chi connectivity index (χ1n) is 5.83. The molecule has 0 radical (unpaired) electrons. The van der Waals surface area contributed by atoms with Crippen LogP contribution in [0.4, 0.5) is 0 Å². The molecule has 0 saturated heterocycles. The second-order valence-electron chi connectivity index (χ2n) is 4.41. The summed E-state index contributed by atoms with van der Waals surface area (Å²) < 4.78 is 6.30. The van der Waals surface area contributed by atoms with Gasteiger partial charge in [-0.1, -0.05) is 12.1 Å². The molecule has 1 aromatic carbocycles. The van der Waals surface area contributed by atoms with Crippen molar-refractivity contribution in [1.29, 1.82) is 0 Å². The summed E-state index contributed by atoms with van der Waals surface area (Å²) in [5, 5.41) is 2.95. The molecule has 0 unspecified atom stereocenters. The molecule has 1 saturated carbocycles. The summed E-state index contributed by atoms with van der Waals surface area (Å²) in [7, 11) is 0. The molecule has 4 heteroatoms. The lowest BCUT2D eigenvalue weighted by atomic mass is 10.2. The van der Waals surface area contributed by atoms with E-state index in [1.54, 1.807) is 0 Å². The zero-order valence-corrected chi connectivity index (χ0v) is 11.4. The van der Waals surface area contributed by atoms with E-state index in [-0.39, 0.29) is 18.6 Å². The first-order chi connectivity index (χ1) is 8.16. The Morgan fingerprint density at radius 1 is 1.53 bits per heavy atom. The topological polar surface area (TPSA) is 38.3 Å². The smallest absolute Gasteiger partial charge is 0.258 e. The fraction of sp³-hybridized carbons (Fsp3) is 0.462. The van der Waals surface area contributed by atoms with Crippen molar-refractivity contribution in [1.82, 2.24) is 5.32 Å². The number of hydrogen-bond acceptors (Lipinski definition) is 2. The Kier molecular flexibility index (Phi) is 4.05. The molecule has 0 heterocycles. The van der Waals surface area contributed by atoms with Crippen molar-refractivity contribution < 1.29 is 9.53 Å². The van der Waals surface area contributed by atoms with Gasteiger partial charge in [0.2, 0.25) is 0 Å². The predicted molar refractivity (Wildman–Crippen MR) is 70.0 cm³/mol. The fourth-order valence-electron chi connectivity index (χ4n) is 1.71. The number of halogens is 1. The number of amides is 1. The quantitative estimate of drug-likeness (QED) is 0.907. The Morgan fingerprint density at radius 3 is 2.88 bits per heavy atom. The van der Waals surface area contributed by atoms with Crippen LogP contribution in [0, 0.1) is 5.92 Å². The third-order valence-electron chi connectivity index (χ3n) is 2.91. The lowest BCUT2D eigenvalue weighted by Crippen LogP contribution is -2.37. The Hall–Kier alpha value is -1.03. The van der Waals surface area contributed by atoms with Gasteiger partial charge in [0.05, 0.1) is 4.47 Å². The van der Waals surface area contributed by atoms with E-state index < -0.39 is 0 Å². The summed E-state index contributed by atoms with van der Waals surface area (Å²) in [6.45, 7) is 2.12. The van der Waals surface area contributed by atoms with E-state index in [0.717, 1.165) is 4.47 Å². The van der Waals surface area contributed by atoms with E-state index in [9.17, 15) is 4.79 Å². The first-order valence-corrected chi connectivity index (χ1v) is 6.63. The Bertz CT molecular complexity index is 404. The van der Waals surface area contributed by atoms with Gasteiger partial charge < -0.3 is 10.1 Å². The normalized spacial score (nSPS) is 16.4. The van der Waals surface area contributed by atoms with Gasteiger partial charge >= 0.3 is 0 Å². The van der Waals surface area contributed by atoms with Gasteiger partial charge in [-0.15, -0.1) is 0 Å². The number of ether oxygens (including phenoxy) is 1. The predicted octanol–water partition coefficient (Wildman–Crippen LogP) is 2.74. The van der Waals surface area contributed by atoms with E-state index in [0.29, 0.717) is 11.7 Å². The Balaban J connectivity index is 1.77. The van der Waals surface area contributed by atoms with Crippen molar-refractivity contribution in [2.75, 3.05) is 6.61 Å². The van der Waals surface area contributed by atoms with Gasteiger partial charge in [-0.05, 0) is 53.7 Å².